The zero-order valence-corrected chi connectivity index (χ0v) is 17.2. The Labute approximate surface area is 148 Å². The lowest BCUT2D eigenvalue weighted by Gasteiger charge is -1.97. The third-order valence-corrected chi connectivity index (χ3v) is 3.23. The molecule has 0 saturated heterocycles. The molecule has 0 heteroatoms. The van der Waals surface area contributed by atoms with Crippen molar-refractivity contribution in [3.8, 4) is 0 Å². The summed E-state index contributed by atoms with van der Waals surface area (Å²) in [6, 6.07) is 10.3. The van der Waals surface area contributed by atoms with E-state index in [4.69, 9.17) is 0 Å². The summed E-state index contributed by atoms with van der Waals surface area (Å²) in [5.41, 5.74) is 1.32. The molecule has 1 aromatic carbocycles. The highest BCUT2D eigenvalue weighted by Crippen LogP contribution is 2.07. The lowest BCUT2D eigenvalue weighted by Crippen LogP contribution is -1.77. The van der Waals surface area contributed by atoms with E-state index in [0.29, 0.717) is 0 Å². The fourth-order valence-corrected chi connectivity index (χ4v) is 1.74. The van der Waals surface area contributed by atoms with Gasteiger partial charge in [0.2, 0.25) is 0 Å². The number of rotatable bonds is 7. The molecule has 0 fully saturated rings. The molecule has 0 radical (unpaired) electrons. The maximum Gasteiger partial charge on any atom is -0.0398 e. The summed E-state index contributed by atoms with van der Waals surface area (Å²) in [6.45, 7) is 14.6. The normalized spacial score (nSPS) is 9.00. The van der Waals surface area contributed by atoms with Crippen LogP contribution in [0.2, 0.25) is 0 Å². The van der Waals surface area contributed by atoms with Gasteiger partial charge in [0.1, 0.15) is 0 Å². The minimum absolute atomic E-state index is 1.32. The molecule has 0 spiro atoms. The fourth-order valence-electron chi connectivity index (χ4n) is 1.74. The molecule has 0 heterocycles. The predicted molar refractivity (Wildman–Crippen MR) is 111 cm³/mol. The summed E-state index contributed by atoms with van der Waals surface area (Å²) in [7, 11) is 0. The van der Waals surface area contributed by atoms with Crippen LogP contribution in [0.3, 0.4) is 0 Å². The second kappa shape index (κ2) is 29.0. The van der Waals surface area contributed by atoms with E-state index in [0.717, 1.165) is 0 Å². The Morgan fingerprint density at radius 2 is 1.00 bits per heavy atom. The fraction of sp³-hybridized carbons (Fsp3) is 0.652. The van der Waals surface area contributed by atoms with Gasteiger partial charge in [0.15, 0.2) is 0 Å². The minimum atomic E-state index is 1.32. The van der Waals surface area contributed by atoms with Crippen molar-refractivity contribution >= 4 is 0 Å². The van der Waals surface area contributed by atoms with Crippen LogP contribution in [0.25, 0.3) is 0 Å². The van der Waals surface area contributed by atoms with Crippen LogP contribution in [0.15, 0.2) is 42.5 Å². The highest BCUT2D eigenvalue weighted by Gasteiger charge is 1.87. The van der Waals surface area contributed by atoms with Gasteiger partial charge in [-0.05, 0) is 20.8 Å². The van der Waals surface area contributed by atoms with Gasteiger partial charge < -0.3 is 0 Å². The maximum absolute atomic E-state index is 2.27. The van der Waals surface area contributed by atoms with Gasteiger partial charge >= 0.3 is 0 Å². The van der Waals surface area contributed by atoms with Gasteiger partial charge in [0.05, 0.1) is 0 Å². The molecule has 23 heavy (non-hydrogen) atoms. The topological polar surface area (TPSA) is 0 Å². The SMILES string of the molecule is C/C=C\C.CC.CCCCCCCCCC.Cc1ccccc1. The van der Waals surface area contributed by atoms with Crippen LogP contribution >= 0.6 is 0 Å². The first-order valence-corrected chi connectivity index (χ1v) is 9.81. The smallest absolute Gasteiger partial charge is 0.0398 e. The van der Waals surface area contributed by atoms with Gasteiger partial charge in [-0.1, -0.05) is 127 Å². The molecule has 0 bridgehead atoms. The molecule has 0 aliphatic rings. The van der Waals surface area contributed by atoms with Crippen LogP contribution < -0.4 is 0 Å². The summed E-state index contributed by atoms with van der Waals surface area (Å²) >= 11 is 0. The molecule has 1 rings (SSSR count). The van der Waals surface area contributed by atoms with E-state index in [2.05, 4.69) is 32.9 Å². The Morgan fingerprint density at radius 1 is 0.652 bits per heavy atom. The van der Waals surface area contributed by atoms with Gasteiger partial charge in [-0.3, -0.25) is 0 Å². The molecule has 0 atom stereocenters. The molecule has 136 valence electrons. The van der Waals surface area contributed by atoms with Gasteiger partial charge in [-0.25, -0.2) is 0 Å². The standard InChI is InChI=1S/C10H22.C7H8.C4H8.C2H6/c1-3-5-7-9-10-8-6-4-2;1-7-5-3-2-4-6-7;1-3-4-2;1-2/h3-10H2,1-2H3;2-6H,1H3;3-4H,1-2H3;1-2H3/b;;4-3-;. The number of allylic oxidation sites excluding steroid dienone is 2. The Kier molecular flexibility index (Phi) is 33.9. The van der Waals surface area contributed by atoms with Gasteiger partial charge in [-0.2, -0.15) is 0 Å². The molecule has 0 N–H and O–H groups in total. The van der Waals surface area contributed by atoms with Crippen molar-refractivity contribution in [3.63, 3.8) is 0 Å². The first-order valence-electron chi connectivity index (χ1n) is 9.81. The van der Waals surface area contributed by atoms with Crippen molar-refractivity contribution in [3.05, 3.63) is 48.0 Å². The van der Waals surface area contributed by atoms with Crippen LogP contribution in [0.5, 0.6) is 0 Å². The Hall–Kier alpha value is -1.04. The first-order chi connectivity index (χ1) is 11.2. The number of benzene rings is 1. The maximum atomic E-state index is 2.27. The summed E-state index contributed by atoms with van der Waals surface area (Å²) in [4.78, 5) is 0. The van der Waals surface area contributed by atoms with Crippen LogP contribution in [0.4, 0.5) is 0 Å². The number of hydrogen-bond acceptors (Lipinski definition) is 0. The summed E-state index contributed by atoms with van der Waals surface area (Å²) in [5.74, 6) is 0. The molecular formula is C23H44. The van der Waals surface area contributed by atoms with Crippen molar-refractivity contribution in [2.45, 2.75) is 99.8 Å². The predicted octanol–water partition coefficient (Wildman–Crippen LogP) is 8.75. The summed E-state index contributed by atoms with van der Waals surface area (Å²) < 4.78 is 0. The molecule has 0 amide bonds. The molecule has 0 unspecified atom stereocenters. The van der Waals surface area contributed by atoms with E-state index in [1.165, 1.54) is 56.9 Å². The van der Waals surface area contributed by atoms with E-state index >= 15 is 0 Å². The average molecular weight is 321 g/mol. The molecule has 0 aliphatic heterocycles. The highest BCUT2D eigenvalue weighted by atomic mass is 13.9. The van der Waals surface area contributed by atoms with Crippen molar-refractivity contribution in [2.75, 3.05) is 0 Å². The van der Waals surface area contributed by atoms with Crippen LogP contribution in [0, 0.1) is 6.92 Å². The second-order valence-electron chi connectivity index (χ2n) is 5.44. The lowest BCUT2D eigenvalue weighted by molar-refractivity contribution is 0.585. The van der Waals surface area contributed by atoms with Crippen LogP contribution in [-0.2, 0) is 0 Å². The third kappa shape index (κ3) is 33.7. The molecule has 0 aliphatic carbocycles. The first kappa shape index (κ1) is 26.8. The Balaban J connectivity index is -0.000000267. The van der Waals surface area contributed by atoms with E-state index < -0.39 is 0 Å². The van der Waals surface area contributed by atoms with E-state index in [-0.39, 0.29) is 0 Å². The summed E-state index contributed by atoms with van der Waals surface area (Å²) in [5, 5.41) is 0. The van der Waals surface area contributed by atoms with Crippen molar-refractivity contribution in [2.24, 2.45) is 0 Å². The zero-order valence-electron chi connectivity index (χ0n) is 17.2. The molecule has 1 aromatic rings. The van der Waals surface area contributed by atoms with E-state index in [9.17, 15) is 0 Å². The van der Waals surface area contributed by atoms with Gasteiger partial charge in [0, 0.05) is 0 Å². The number of aryl methyl sites for hydroxylation is 1. The highest BCUT2D eigenvalue weighted by molar-refractivity contribution is 5.11. The van der Waals surface area contributed by atoms with Crippen LogP contribution in [0.1, 0.15) is 98.5 Å². The quantitative estimate of drug-likeness (QED) is 0.348. The van der Waals surface area contributed by atoms with E-state index in [1.807, 2.05) is 58.0 Å². The third-order valence-electron chi connectivity index (χ3n) is 3.23. The van der Waals surface area contributed by atoms with Crippen LogP contribution in [-0.4, -0.2) is 0 Å². The number of unbranched alkanes of at least 4 members (excludes halogenated alkanes) is 7. The lowest BCUT2D eigenvalue weighted by atomic mass is 10.1. The summed E-state index contributed by atoms with van der Waals surface area (Å²) in [6.07, 6.45) is 15.5. The molecule has 0 nitrogen and oxygen atoms in total. The van der Waals surface area contributed by atoms with Gasteiger partial charge in [-0.15, -0.1) is 0 Å². The van der Waals surface area contributed by atoms with Gasteiger partial charge in [0.25, 0.3) is 0 Å². The van der Waals surface area contributed by atoms with E-state index in [1.54, 1.807) is 0 Å². The molecule has 0 aromatic heterocycles. The number of hydrogen-bond donors (Lipinski definition) is 0. The second-order valence-corrected chi connectivity index (χ2v) is 5.44. The monoisotopic (exact) mass is 320 g/mol. The Bertz CT molecular complexity index is 272. The zero-order chi connectivity index (χ0) is 18.2. The van der Waals surface area contributed by atoms with Crippen molar-refractivity contribution in [1.29, 1.82) is 0 Å². The largest absolute Gasteiger partial charge is 0.0919 e. The van der Waals surface area contributed by atoms with Crippen molar-refractivity contribution in [1.82, 2.24) is 0 Å². The van der Waals surface area contributed by atoms with Crippen molar-refractivity contribution < 1.29 is 0 Å². The molecular weight excluding hydrogens is 276 g/mol. The molecule has 0 saturated carbocycles. The average Bonchev–Trinajstić information content (AvgIpc) is 2.61. The minimum Gasteiger partial charge on any atom is -0.0919 e. The Morgan fingerprint density at radius 3 is 1.22 bits per heavy atom.